The highest BCUT2D eigenvalue weighted by Crippen LogP contribution is 2.20. The van der Waals surface area contributed by atoms with Crippen LogP contribution in [0.3, 0.4) is 0 Å². The first kappa shape index (κ1) is 10.4. The number of thioether (sulfide) groups is 1. The first-order chi connectivity index (χ1) is 6.22. The lowest BCUT2D eigenvalue weighted by molar-refractivity contribution is -0.120. The second kappa shape index (κ2) is 5.15. The van der Waals surface area contributed by atoms with E-state index in [0.717, 1.165) is 10.2 Å². The summed E-state index contributed by atoms with van der Waals surface area (Å²) in [6, 6.07) is 0. The van der Waals surface area contributed by atoms with Crippen molar-refractivity contribution < 1.29 is 4.79 Å². The molecule has 1 heterocycles. The van der Waals surface area contributed by atoms with E-state index in [0.29, 0.717) is 12.2 Å². The Morgan fingerprint density at radius 3 is 3.08 bits per heavy atom. The van der Waals surface area contributed by atoms with Crippen LogP contribution in [0.4, 0.5) is 0 Å². The molecule has 0 saturated carbocycles. The van der Waals surface area contributed by atoms with E-state index < -0.39 is 0 Å². The summed E-state index contributed by atoms with van der Waals surface area (Å²) in [7, 11) is 0. The first-order valence-electron chi connectivity index (χ1n) is 3.65. The highest BCUT2D eigenvalue weighted by Gasteiger charge is 2.02. The molecule has 1 aromatic rings. The largest absolute Gasteiger partial charge is 0.294 e. The van der Waals surface area contributed by atoms with Gasteiger partial charge in [0.25, 0.3) is 0 Å². The van der Waals surface area contributed by atoms with Gasteiger partial charge < -0.3 is 0 Å². The van der Waals surface area contributed by atoms with Crippen molar-refractivity contribution in [1.82, 2.24) is 14.8 Å². The van der Waals surface area contributed by atoms with E-state index >= 15 is 0 Å². The number of nitrogens with one attached hydrogen (secondary N) is 1. The van der Waals surface area contributed by atoms with Gasteiger partial charge in [-0.1, -0.05) is 11.8 Å². The number of carbonyl (C=O) groups excluding carboxylic acids is 1. The molecule has 1 rings (SSSR count). The van der Waals surface area contributed by atoms with Crippen molar-refractivity contribution in [3.05, 3.63) is 5.82 Å². The summed E-state index contributed by atoms with van der Waals surface area (Å²) in [5.41, 5.74) is 2.07. The van der Waals surface area contributed by atoms with Crippen LogP contribution in [0.25, 0.3) is 0 Å². The summed E-state index contributed by atoms with van der Waals surface area (Å²) in [6.45, 7) is 1.84. The fourth-order valence-electron chi connectivity index (χ4n) is 0.640. The molecule has 0 bridgehead atoms. The third-order valence-electron chi connectivity index (χ3n) is 1.22. The van der Waals surface area contributed by atoms with Crippen LogP contribution in [0.5, 0.6) is 0 Å². The van der Waals surface area contributed by atoms with Crippen molar-refractivity contribution in [1.29, 1.82) is 0 Å². The summed E-state index contributed by atoms with van der Waals surface area (Å²) in [5.74, 6) is 6.21. The van der Waals surface area contributed by atoms with E-state index in [-0.39, 0.29) is 5.91 Å². The van der Waals surface area contributed by atoms with Crippen LogP contribution < -0.4 is 11.3 Å². The second-order valence-corrected chi connectivity index (χ2v) is 4.37. The Balaban J connectivity index is 2.24. The van der Waals surface area contributed by atoms with E-state index in [1.54, 1.807) is 0 Å². The molecule has 0 aliphatic carbocycles. The summed E-state index contributed by atoms with van der Waals surface area (Å²) >= 11 is 2.86. The number of aryl methyl sites for hydroxylation is 1. The van der Waals surface area contributed by atoms with E-state index in [1.165, 1.54) is 23.3 Å². The molecule has 0 aromatic carbocycles. The molecule has 0 unspecified atom stereocenters. The van der Waals surface area contributed by atoms with Crippen LogP contribution in [-0.4, -0.2) is 21.0 Å². The van der Waals surface area contributed by atoms with Crippen molar-refractivity contribution >= 4 is 29.2 Å². The molecule has 0 radical (unpaired) electrons. The number of nitrogens with two attached hydrogens (primary N) is 1. The monoisotopic (exact) mass is 218 g/mol. The van der Waals surface area contributed by atoms with Gasteiger partial charge in [-0.15, -0.1) is 0 Å². The highest BCUT2D eigenvalue weighted by atomic mass is 32.2. The number of hydrogen-bond donors (Lipinski definition) is 2. The molecule has 3 N–H and O–H groups in total. The number of nitrogens with zero attached hydrogens (tertiary/aromatic N) is 2. The minimum absolute atomic E-state index is 0.159. The number of hydrogen-bond acceptors (Lipinski definition) is 6. The van der Waals surface area contributed by atoms with Gasteiger partial charge in [0.15, 0.2) is 4.34 Å². The van der Waals surface area contributed by atoms with Crippen molar-refractivity contribution in [2.24, 2.45) is 5.84 Å². The average Bonchev–Trinajstić information content (AvgIpc) is 2.51. The lowest BCUT2D eigenvalue weighted by atomic mass is 10.5. The van der Waals surface area contributed by atoms with Gasteiger partial charge in [-0.3, -0.25) is 10.2 Å². The Hall–Kier alpha value is -0.660. The maximum atomic E-state index is 10.7. The Morgan fingerprint density at radius 1 is 1.77 bits per heavy atom. The fraction of sp³-hybridized carbons (Fsp3) is 0.500. The number of amides is 1. The summed E-state index contributed by atoms with van der Waals surface area (Å²) in [6.07, 6.45) is 0.403. The van der Waals surface area contributed by atoms with Gasteiger partial charge in [-0.05, 0) is 18.5 Å². The maximum Gasteiger partial charge on any atom is 0.234 e. The summed E-state index contributed by atoms with van der Waals surface area (Å²) in [5, 5.41) is 0. The van der Waals surface area contributed by atoms with Gasteiger partial charge in [0.05, 0.1) is 0 Å². The molecule has 1 aromatic heterocycles. The van der Waals surface area contributed by atoms with E-state index in [2.05, 4.69) is 14.8 Å². The van der Waals surface area contributed by atoms with Crippen LogP contribution in [0.2, 0.25) is 0 Å². The summed E-state index contributed by atoms with van der Waals surface area (Å²) < 4.78 is 4.91. The third-order valence-corrected chi connectivity index (χ3v) is 3.15. The van der Waals surface area contributed by atoms with Crippen LogP contribution in [-0.2, 0) is 4.79 Å². The van der Waals surface area contributed by atoms with Crippen molar-refractivity contribution in [3.8, 4) is 0 Å². The molecule has 13 heavy (non-hydrogen) atoms. The molecule has 7 heteroatoms. The third kappa shape index (κ3) is 3.71. The molecule has 1 amide bonds. The average molecular weight is 218 g/mol. The predicted molar refractivity (Wildman–Crippen MR) is 52.3 cm³/mol. The normalized spacial score (nSPS) is 10.0. The van der Waals surface area contributed by atoms with E-state index in [4.69, 9.17) is 5.84 Å². The first-order valence-corrected chi connectivity index (χ1v) is 5.41. The molecule has 72 valence electrons. The molecule has 0 aliphatic rings. The predicted octanol–water partition coefficient (Wildman–Crippen LogP) is 0.319. The fourth-order valence-corrected chi connectivity index (χ4v) is 2.30. The minimum atomic E-state index is -0.159. The van der Waals surface area contributed by atoms with Crippen molar-refractivity contribution in [3.63, 3.8) is 0 Å². The maximum absolute atomic E-state index is 10.7. The lowest BCUT2D eigenvalue weighted by Gasteiger charge is -1.96. The lowest BCUT2D eigenvalue weighted by Crippen LogP contribution is -2.30. The number of hydrazine groups is 1. The van der Waals surface area contributed by atoms with Crippen molar-refractivity contribution in [2.45, 2.75) is 17.7 Å². The van der Waals surface area contributed by atoms with Crippen LogP contribution >= 0.6 is 23.3 Å². The number of carbonyl (C=O) groups is 1. The Morgan fingerprint density at radius 2 is 2.54 bits per heavy atom. The molecule has 0 atom stereocenters. The molecule has 0 aliphatic heterocycles. The van der Waals surface area contributed by atoms with Gasteiger partial charge >= 0.3 is 0 Å². The molecule has 5 nitrogen and oxygen atoms in total. The smallest absolute Gasteiger partial charge is 0.234 e. The zero-order valence-corrected chi connectivity index (χ0v) is 8.74. The Labute approximate surface area is 84.3 Å². The Bertz CT molecular complexity index is 288. The van der Waals surface area contributed by atoms with Crippen LogP contribution in [0.15, 0.2) is 4.34 Å². The SMILES string of the molecule is Cc1nsc(SCCC(=O)NN)n1. The van der Waals surface area contributed by atoms with Crippen molar-refractivity contribution in [2.75, 3.05) is 5.75 Å². The van der Waals surface area contributed by atoms with Crippen LogP contribution in [0, 0.1) is 6.92 Å². The number of aromatic nitrogens is 2. The quantitative estimate of drug-likeness (QED) is 0.329. The standard InChI is InChI=1S/C6H10N4OS2/c1-4-8-6(13-10-4)12-3-2-5(11)9-7/h2-3,7H2,1H3,(H,9,11). The van der Waals surface area contributed by atoms with Gasteiger partial charge in [0, 0.05) is 12.2 Å². The zero-order chi connectivity index (χ0) is 9.68. The molecule has 0 saturated heterocycles. The van der Waals surface area contributed by atoms with E-state index in [9.17, 15) is 4.79 Å². The summed E-state index contributed by atoms with van der Waals surface area (Å²) in [4.78, 5) is 14.9. The molecular formula is C6H10N4OS2. The highest BCUT2D eigenvalue weighted by molar-refractivity contribution is 8.00. The number of rotatable bonds is 4. The van der Waals surface area contributed by atoms with Gasteiger partial charge in [0.2, 0.25) is 5.91 Å². The van der Waals surface area contributed by atoms with Gasteiger partial charge in [0.1, 0.15) is 5.82 Å². The molecule has 0 spiro atoms. The zero-order valence-electron chi connectivity index (χ0n) is 7.11. The van der Waals surface area contributed by atoms with E-state index in [1.807, 2.05) is 6.92 Å². The minimum Gasteiger partial charge on any atom is -0.294 e. The van der Waals surface area contributed by atoms with Crippen LogP contribution in [0.1, 0.15) is 12.2 Å². The van der Waals surface area contributed by atoms with Gasteiger partial charge in [-0.2, -0.15) is 4.37 Å². The Kier molecular flexibility index (Phi) is 4.13. The second-order valence-electron chi connectivity index (χ2n) is 2.27. The molecular weight excluding hydrogens is 208 g/mol. The topological polar surface area (TPSA) is 80.9 Å². The molecule has 0 fully saturated rings. The van der Waals surface area contributed by atoms with Gasteiger partial charge in [-0.25, -0.2) is 10.8 Å².